The van der Waals surface area contributed by atoms with Crippen LogP contribution in [0.3, 0.4) is 0 Å². The van der Waals surface area contributed by atoms with E-state index in [4.69, 9.17) is 0 Å². The number of nitrogens with one attached hydrogen (secondary N) is 1. The first kappa shape index (κ1) is 10.4. The molecule has 1 N–H and O–H groups in total. The van der Waals surface area contributed by atoms with Gasteiger partial charge in [-0.15, -0.1) is 0 Å². The van der Waals surface area contributed by atoms with Crippen LogP contribution in [0.5, 0.6) is 0 Å². The van der Waals surface area contributed by atoms with E-state index >= 15 is 0 Å². The number of piperidine rings is 2. The molecular formula is C12H24N2. The maximum atomic E-state index is 3.76. The van der Waals surface area contributed by atoms with E-state index in [0.29, 0.717) is 5.54 Å². The molecule has 2 heterocycles. The Morgan fingerprint density at radius 1 is 1.29 bits per heavy atom. The molecule has 2 nitrogen and oxygen atoms in total. The third kappa shape index (κ3) is 2.12. The highest BCUT2D eigenvalue weighted by Crippen LogP contribution is 2.32. The van der Waals surface area contributed by atoms with E-state index in [1.54, 1.807) is 0 Å². The molecule has 0 radical (unpaired) electrons. The smallest absolute Gasteiger partial charge is 0.0193 e. The van der Waals surface area contributed by atoms with Crippen molar-refractivity contribution in [1.82, 2.24) is 10.2 Å². The molecule has 2 unspecified atom stereocenters. The molecule has 2 aliphatic heterocycles. The van der Waals surface area contributed by atoms with Crippen LogP contribution in [0.25, 0.3) is 0 Å². The van der Waals surface area contributed by atoms with Crippen LogP contribution in [0.2, 0.25) is 0 Å². The molecule has 0 spiro atoms. The Kier molecular flexibility index (Phi) is 3.13. The van der Waals surface area contributed by atoms with Crippen LogP contribution >= 0.6 is 0 Å². The highest BCUT2D eigenvalue weighted by molar-refractivity contribution is 4.95. The van der Waals surface area contributed by atoms with E-state index in [-0.39, 0.29) is 0 Å². The molecule has 2 rings (SSSR count). The Labute approximate surface area is 88.1 Å². The van der Waals surface area contributed by atoms with Gasteiger partial charge in [0.1, 0.15) is 0 Å². The molecule has 0 saturated carbocycles. The van der Waals surface area contributed by atoms with Gasteiger partial charge in [-0.2, -0.15) is 0 Å². The molecule has 2 saturated heterocycles. The summed E-state index contributed by atoms with van der Waals surface area (Å²) in [4.78, 5) is 2.50. The Hall–Kier alpha value is -0.0800. The zero-order valence-corrected chi connectivity index (χ0v) is 9.68. The number of rotatable bonds is 1. The Morgan fingerprint density at radius 3 is 2.79 bits per heavy atom. The van der Waals surface area contributed by atoms with Crippen molar-refractivity contribution in [1.29, 1.82) is 0 Å². The van der Waals surface area contributed by atoms with Crippen LogP contribution < -0.4 is 5.32 Å². The first-order valence-electron chi connectivity index (χ1n) is 6.14. The molecule has 2 heteroatoms. The zero-order chi connectivity index (χ0) is 10.0. The molecule has 2 atom stereocenters. The summed E-state index contributed by atoms with van der Waals surface area (Å²) in [5, 5.41) is 3.76. The van der Waals surface area contributed by atoms with Gasteiger partial charge < -0.3 is 10.2 Å². The van der Waals surface area contributed by atoms with Gasteiger partial charge in [0.25, 0.3) is 0 Å². The lowest BCUT2D eigenvalue weighted by molar-refractivity contribution is 0.1000. The lowest BCUT2D eigenvalue weighted by atomic mass is 9.75. The molecule has 0 aromatic carbocycles. The fourth-order valence-corrected chi connectivity index (χ4v) is 3.11. The summed E-state index contributed by atoms with van der Waals surface area (Å²) in [5.74, 6) is 0.876. The highest BCUT2D eigenvalue weighted by atomic mass is 15.1. The van der Waals surface area contributed by atoms with Gasteiger partial charge in [0.05, 0.1) is 0 Å². The summed E-state index contributed by atoms with van der Waals surface area (Å²) in [5.41, 5.74) is 0.437. The van der Waals surface area contributed by atoms with Crippen LogP contribution in [-0.2, 0) is 0 Å². The minimum Gasteiger partial charge on any atom is -0.311 e. The summed E-state index contributed by atoms with van der Waals surface area (Å²) in [6, 6.07) is 0. The summed E-state index contributed by atoms with van der Waals surface area (Å²) >= 11 is 0. The normalized spacial score (nSPS) is 41.1. The van der Waals surface area contributed by atoms with Gasteiger partial charge in [0.15, 0.2) is 0 Å². The molecule has 14 heavy (non-hydrogen) atoms. The largest absolute Gasteiger partial charge is 0.311 e. The van der Waals surface area contributed by atoms with E-state index in [0.717, 1.165) is 5.92 Å². The monoisotopic (exact) mass is 196 g/mol. The number of hydrogen-bond acceptors (Lipinski definition) is 2. The lowest BCUT2D eigenvalue weighted by Crippen LogP contribution is -2.55. The second-order valence-electron chi connectivity index (χ2n) is 5.40. The van der Waals surface area contributed by atoms with Crippen LogP contribution in [0, 0.1) is 5.92 Å². The van der Waals surface area contributed by atoms with Crippen molar-refractivity contribution in [3.8, 4) is 0 Å². The maximum Gasteiger partial charge on any atom is 0.0193 e. The third-order valence-electron chi connectivity index (χ3n) is 4.18. The average molecular weight is 196 g/mol. The van der Waals surface area contributed by atoms with Gasteiger partial charge in [-0.1, -0.05) is 6.42 Å². The molecule has 0 bridgehead atoms. The van der Waals surface area contributed by atoms with Gasteiger partial charge >= 0.3 is 0 Å². The second kappa shape index (κ2) is 4.19. The first-order chi connectivity index (χ1) is 6.71. The summed E-state index contributed by atoms with van der Waals surface area (Å²) < 4.78 is 0. The van der Waals surface area contributed by atoms with E-state index < -0.39 is 0 Å². The van der Waals surface area contributed by atoms with E-state index in [1.807, 2.05) is 0 Å². The highest BCUT2D eigenvalue weighted by Gasteiger charge is 2.36. The Bertz CT molecular complexity index is 185. The average Bonchev–Trinajstić information content (AvgIpc) is 2.19. The molecular weight excluding hydrogens is 172 g/mol. The van der Waals surface area contributed by atoms with Crippen molar-refractivity contribution < 1.29 is 0 Å². The van der Waals surface area contributed by atoms with Gasteiger partial charge in [0, 0.05) is 12.1 Å². The van der Waals surface area contributed by atoms with Gasteiger partial charge in [-0.05, 0) is 58.7 Å². The molecule has 82 valence electrons. The number of hydrogen-bond donors (Lipinski definition) is 1. The topological polar surface area (TPSA) is 15.3 Å². The van der Waals surface area contributed by atoms with E-state index in [9.17, 15) is 0 Å². The third-order valence-corrected chi connectivity index (χ3v) is 4.18. The summed E-state index contributed by atoms with van der Waals surface area (Å²) in [6.07, 6.45) is 6.99. The van der Waals surface area contributed by atoms with Crippen molar-refractivity contribution >= 4 is 0 Å². The summed E-state index contributed by atoms with van der Waals surface area (Å²) in [7, 11) is 2.26. The molecule has 0 aliphatic carbocycles. The molecule has 0 aromatic rings. The Morgan fingerprint density at radius 2 is 2.14 bits per heavy atom. The standard InChI is InChI=1S/C12H24N2/c1-12(7-3-4-8-13-12)11-6-5-9-14(2)10-11/h11,13H,3-10H2,1-2H3. The van der Waals surface area contributed by atoms with Crippen LogP contribution in [0.15, 0.2) is 0 Å². The van der Waals surface area contributed by atoms with Gasteiger partial charge in [-0.3, -0.25) is 0 Å². The van der Waals surface area contributed by atoms with Crippen LogP contribution in [-0.4, -0.2) is 37.1 Å². The van der Waals surface area contributed by atoms with Gasteiger partial charge in [0.2, 0.25) is 0 Å². The van der Waals surface area contributed by atoms with Crippen molar-refractivity contribution in [3.63, 3.8) is 0 Å². The maximum absolute atomic E-state index is 3.76. The minimum atomic E-state index is 0.437. The van der Waals surface area contributed by atoms with Crippen LogP contribution in [0.1, 0.15) is 39.0 Å². The van der Waals surface area contributed by atoms with Gasteiger partial charge in [-0.25, -0.2) is 0 Å². The molecule has 0 amide bonds. The van der Waals surface area contributed by atoms with Crippen molar-refractivity contribution in [3.05, 3.63) is 0 Å². The van der Waals surface area contributed by atoms with Crippen molar-refractivity contribution in [2.75, 3.05) is 26.7 Å². The molecule has 2 aliphatic rings. The Balaban J connectivity index is 1.97. The summed E-state index contributed by atoms with van der Waals surface area (Å²) in [6.45, 7) is 6.27. The van der Waals surface area contributed by atoms with E-state index in [1.165, 1.54) is 51.7 Å². The SMILES string of the molecule is CN1CCCC(C2(C)CCCCN2)C1. The second-order valence-corrected chi connectivity index (χ2v) is 5.40. The number of nitrogens with zero attached hydrogens (tertiary/aromatic N) is 1. The molecule has 2 fully saturated rings. The zero-order valence-electron chi connectivity index (χ0n) is 9.68. The fraction of sp³-hybridized carbons (Fsp3) is 1.00. The quantitative estimate of drug-likeness (QED) is 0.688. The minimum absolute atomic E-state index is 0.437. The fourth-order valence-electron chi connectivity index (χ4n) is 3.11. The number of likely N-dealkylation sites (tertiary alicyclic amines) is 1. The van der Waals surface area contributed by atoms with E-state index in [2.05, 4.69) is 24.2 Å². The first-order valence-corrected chi connectivity index (χ1v) is 6.14. The predicted molar refractivity (Wildman–Crippen MR) is 60.5 cm³/mol. The molecule has 0 aromatic heterocycles. The predicted octanol–water partition coefficient (Wildman–Crippen LogP) is 1.86. The lowest BCUT2D eigenvalue weighted by Gasteiger charge is -2.45. The van der Waals surface area contributed by atoms with Crippen molar-refractivity contribution in [2.45, 2.75) is 44.6 Å². The van der Waals surface area contributed by atoms with Crippen LogP contribution in [0.4, 0.5) is 0 Å². The van der Waals surface area contributed by atoms with Crippen molar-refractivity contribution in [2.24, 2.45) is 5.92 Å².